The summed E-state index contributed by atoms with van der Waals surface area (Å²) in [6.07, 6.45) is 5.77. The van der Waals surface area contributed by atoms with Gasteiger partial charge in [0.25, 0.3) is 0 Å². The van der Waals surface area contributed by atoms with Crippen molar-refractivity contribution in [2.45, 2.75) is 75.4 Å². The molecule has 2 heterocycles. The molecule has 2 amide bonds. The van der Waals surface area contributed by atoms with E-state index in [-0.39, 0.29) is 48.1 Å². The molecule has 2 aliphatic heterocycles. The van der Waals surface area contributed by atoms with Gasteiger partial charge in [0, 0.05) is 30.5 Å². The first-order valence-electron chi connectivity index (χ1n) is 10.5. The van der Waals surface area contributed by atoms with Crippen LogP contribution in [0.5, 0.6) is 0 Å². The van der Waals surface area contributed by atoms with Crippen LogP contribution < -0.4 is 5.32 Å². The van der Waals surface area contributed by atoms with Crippen molar-refractivity contribution in [3.63, 3.8) is 0 Å². The molecule has 3 aliphatic rings. The van der Waals surface area contributed by atoms with E-state index >= 15 is 0 Å². The molecule has 4 rings (SSSR count). The average molecular weight is 390 g/mol. The molecule has 4 nitrogen and oxygen atoms in total. The van der Waals surface area contributed by atoms with Crippen molar-refractivity contribution < 1.29 is 18.4 Å². The smallest absolute Gasteiger partial charge is 0.223 e. The highest BCUT2D eigenvalue weighted by molar-refractivity contribution is 5.80. The van der Waals surface area contributed by atoms with Crippen molar-refractivity contribution in [1.29, 1.82) is 0 Å². The highest BCUT2D eigenvalue weighted by Gasteiger charge is 2.44. The number of rotatable bonds is 6. The van der Waals surface area contributed by atoms with E-state index in [0.29, 0.717) is 12.3 Å². The van der Waals surface area contributed by atoms with Gasteiger partial charge in [-0.05, 0) is 68.6 Å². The van der Waals surface area contributed by atoms with Gasteiger partial charge in [0.1, 0.15) is 5.82 Å². The Hall–Kier alpha value is -1.98. The molecule has 3 atom stereocenters. The molecule has 1 N–H and O–H groups in total. The lowest BCUT2D eigenvalue weighted by atomic mass is 9.71. The van der Waals surface area contributed by atoms with Gasteiger partial charge < -0.3 is 10.2 Å². The van der Waals surface area contributed by atoms with Gasteiger partial charge in [-0.15, -0.1) is 0 Å². The van der Waals surface area contributed by atoms with Crippen molar-refractivity contribution >= 4 is 11.8 Å². The normalized spacial score (nSPS) is 31.4. The molecule has 28 heavy (non-hydrogen) atoms. The third-order valence-electron chi connectivity index (χ3n) is 6.74. The second kappa shape index (κ2) is 8.18. The Morgan fingerprint density at radius 3 is 2.29 bits per heavy atom. The van der Waals surface area contributed by atoms with Crippen LogP contribution in [0.25, 0.3) is 0 Å². The van der Waals surface area contributed by atoms with Crippen LogP contribution in [-0.4, -0.2) is 41.5 Å². The summed E-state index contributed by atoms with van der Waals surface area (Å²) in [7, 11) is 0. The molecule has 152 valence electrons. The van der Waals surface area contributed by atoms with Gasteiger partial charge in [0.15, 0.2) is 0 Å². The zero-order chi connectivity index (χ0) is 19.7. The molecule has 0 spiro atoms. The van der Waals surface area contributed by atoms with E-state index in [1.165, 1.54) is 12.1 Å². The fourth-order valence-corrected chi connectivity index (χ4v) is 5.21. The maximum absolute atomic E-state index is 13.0. The fraction of sp³-hybridized carbons (Fsp3) is 0.636. The summed E-state index contributed by atoms with van der Waals surface area (Å²) in [5.74, 6) is 0.303. The van der Waals surface area contributed by atoms with Crippen LogP contribution in [0, 0.1) is 11.7 Å². The minimum Gasteiger partial charge on any atom is -0.353 e. The van der Waals surface area contributed by atoms with Gasteiger partial charge in [0.2, 0.25) is 11.8 Å². The summed E-state index contributed by atoms with van der Waals surface area (Å²) < 4.78 is 25.4. The zero-order valence-electron chi connectivity index (χ0n) is 16.1. The van der Waals surface area contributed by atoms with Crippen LogP contribution in [0.4, 0.5) is 8.78 Å². The van der Waals surface area contributed by atoms with Gasteiger partial charge >= 0.3 is 0 Å². The van der Waals surface area contributed by atoms with Gasteiger partial charge in [-0.25, -0.2) is 4.39 Å². The first-order chi connectivity index (χ1) is 13.5. The number of hydrogen-bond donors (Lipinski definition) is 1. The van der Waals surface area contributed by atoms with Crippen molar-refractivity contribution in [3.8, 4) is 0 Å². The summed E-state index contributed by atoms with van der Waals surface area (Å²) in [6, 6.07) is 7.06. The number of carbonyl (C=O) groups is 2. The lowest BCUT2D eigenvalue weighted by molar-refractivity contribution is -0.136. The Balaban J connectivity index is 1.25. The number of piperidine rings is 1. The molecule has 2 bridgehead atoms. The monoisotopic (exact) mass is 390 g/mol. The Labute approximate surface area is 164 Å². The van der Waals surface area contributed by atoms with E-state index in [2.05, 4.69) is 5.32 Å². The largest absolute Gasteiger partial charge is 0.353 e. The maximum Gasteiger partial charge on any atom is 0.223 e. The predicted octanol–water partition coefficient (Wildman–Crippen LogP) is 3.71. The zero-order valence-corrected chi connectivity index (χ0v) is 16.1. The van der Waals surface area contributed by atoms with Crippen LogP contribution in [-0.2, 0) is 9.59 Å². The van der Waals surface area contributed by atoms with E-state index in [4.69, 9.17) is 0 Å². The molecule has 2 saturated heterocycles. The summed E-state index contributed by atoms with van der Waals surface area (Å²) in [6.45, 7) is -0.450. The van der Waals surface area contributed by atoms with Crippen LogP contribution in [0.15, 0.2) is 24.3 Å². The number of halogens is 2. The molecule has 1 aliphatic carbocycles. The number of fused-ring (bicyclic) bond motifs is 2. The highest BCUT2D eigenvalue weighted by atomic mass is 19.1. The Kier molecular flexibility index (Phi) is 5.65. The van der Waals surface area contributed by atoms with E-state index in [1.54, 1.807) is 0 Å². The number of nitrogens with one attached hydrogen (secondary N) is 1. The average Bonchev–Trinajstić information content (AvgIpc) is 2.91. The lowest BCUT2D eigenvalue weighted by Crippen LogP contribution is -2.53. The molecule has 1 unspecified atom stereocenters. The highest BCUT2D eigenvalue weighted by Crippen LogP contribution is 2.42. The van der Waals surface area contributed by atoms with E-state index in [0.717, 1.165) is 44.1 Å². The van der Waals surface area contributed by atoms with Gasteiger partial charge in [-0.3, -0.25) is 14.0 Å². The number of nitrogens with zero attached hydrogens (tertiary/aromatic N) is 1. The summed E-state index contributed by atoms with van der Waals surface area (Å²) in [4.78, 5) is 26.9. The third kappa shape index (κ3) is 3.91. The number of alkyl halides is 1. The molecule has 3 fully saturated rings. The maximum atomic E-state index is 13.0. The van der Waals surface area contributed by atoms with E-state index in [9.17, 15) is 18.4 Å². The third-order valence-corrected chi connectivity index (χ3v) is 6.74. The number of carbonyl (C=O) groups excluding carboxylic acids is 2. The van der Waals surface area contributed by atoms with Crippen LogP contribution >= 0.6 is 0 Å². The standard InChI is InChI=1S/C22H28F2N2O2/c23-9-1-2-21(27)26-19-7-8-20(26)13-18(12-19)25-22(28)16-10-15(11-16)14-3-5-17(24)6-4-14/h3-6,15-16,18-20H,1-2,7-13H2,(H,25,28)/t15?,16?,18?,19-,20+. The van der Waals surface area contributed by atoms with Crippen LogP contribution in [0.2, 0.25) is 0 Å². The van der Waals surface area contributed by atoms with E-state index < -0.39 is 6.67 Å². The van der Waals surface area contributed by atoms with Gasteiger partial charge in [-0.1, -0.05) is 12.1 Å². The number of hydrogen-bond acceptors (Lipinski definition) is 2. The summed E-state index contributed by atoms with van der Waals surface area (Å²) >= 11 is 0. The lowest BCUT2D eigenvalue weighted by Gasteiger charge is -2.41. The Morgan fingerprint density at radius 2 is 1.68 bits per heavy atom. The van der Waals surface area contributed by atoms with Crippen LogP contribution in [0.1, 0.15) is 62.8 Å². The summed E-state index contributed by atoms with van der Waals surface area (Å²) in [5, 5.41) is 3.21. The topological polar surface area (TPSA) is 49.4 Å². The van der Waals surface area contributed by atoms with Crippen molar-refractivity contribution in [1.82, 2.24) is 10.2 Å². The second-order valence-corrected chi connectivity index (χ2v) is 8.57. The van der Waals surface area contributed by atoms with Crippen molar-refractivity contribution in [2.24, 2.45) is 5.92 Å². The molecule has 6 heteroatoms. The molecule has 0 aromatic heterocycles. The van der Waals surface area contributed by atoms with Crippen LogP contribution in [0.3, 0.4) is 0 Å². The first kappa shape index (κ1) is 19.3. The molecule has 1 aromatic rings. The minimum absolute atomic E-state index is 0.0249. The molecular weight excluding hydrogens is 362 g/mol. The second-order valence-electron chi connectivity index (χ2n) is 8.57. The number of benzene rings is 1. The molecule has 1 saturated carbocycles. The van der Waals surface area contributed by atoms with Crippen molar-refractivity contribution in [3.05, 3.63) is 35.6 Å². The van der Waals surface area contributed by atoms with Crippen molar-refractivity contribution in [2.75, 3.05) is 6.67 Å². The minimum atomic E-state index is -0.450. The Bertz CT molecular complexity index is 704. The SMILES string of the molecule is O=C(NC1C[C@H]2CC[C@@H](C1)N2C(=O)CCCF)C1CC(c2ccc(F)cc2)C1. The molecule has 0 radical (unpaired) electrons. The quantitative estimate of drug-likeness (QED) is 0.805. The molecular formula is C22H28F2N2O2. The number of amides is 2. The first-order valence-corrected chi connectivity index (χ1v) is 10.5. The fourth-order valence-electron chi connectivity index (χ4n) is 5.21. The van der Waals surface area contributed by atoms with E-state index in [1.807, 2.05) is 17.0 Å². The van der Waals surface area contributed by atoms with Gasteiger partial charge in [0.05, 0.1) is 6.67 Å². The molecule has 1 aromatic carbocycles. The van der Waals surface area contributed by atoms with Gasteiger partial charge in [-0.2, -0.15) is 0 Å². The summed E-state index contributed by atoms with van der Waals surface area (Å²) in [5.41, 5.74) is 1.10. The predicted molar refractivity (Wildman–Crippen MR) is 102 cm³/mol. The Morgan fingerprint density at radius 1 is 1.04 bits per heavy atom.